The molecule has 0 bridgehead atoms. The maximum absolute atomic E-state index is 9.76. The van der Waals surface area contributed by atoms with Crippen LogP contribution in [0.5, 0.6) is 0 Å². The van der Waals surface area contributed by atoms with E-state index in [0.717, 1.165) is 25.3 Å². The molecule has 0 aromatic carbocycles. The van der Waals surface area contributed by atoms with Crippen molar-refractivity contribution in [1.29, 1.82) is 0 Å². The summed E-state index contributed by atoms with van der Waals surface area (Å²) in [6.45, 7) is 12.4. The molecule has 2 heterocycles. The first-order valence-corrected chi connectivity index (χ1v) is 8.41. The minimum absolute atomic E-state index is 0.122. The topological polar surface area (TPSA) is 41.3 Å². The molecule has 2 aromatic rings. The fraction of sp³-hybridized carbons (Fsp3) is 0.471. The molecule has 0 saturated heterocycles. The molecule has 4 nitrogen and oxygen atoms in total. The fourth-order valence-corrected chi connectivity index (χ4v) is 2.99. The summed E-state index contributed by atoms with van der Waals surface area (Å²) in [5.74, 6) is 0. The number of allylic oxidation sites excluding steroid dienone is 1. The first-order chi connectivity index (χ1) is 10.5. The third-order valence-corrected chi connectivity index (χ3v) is 4.65. The van der Waals surface area contributed by atoms with Crippen molar-refractivity contribution in [2.24, 2.45) is 0 Å². The molecule has 0 unspecified atom stereocenters. The molecule has 0 radical (unpaired) electrons. The van der Waals surface area contributed by atoms with E-state index in [1.807, 2.05) is 17.7 Å². The van der Waals surface area contributed by atoms with Gasteiger partial charge in [0.05, 0.1) is 18.8 Å². The van der Waals surface area contributed by atoms with E-state index in [1.54, 1.807) is 11.3 Å². The molecular formula is C17H25N3OS. The highest BCUT2D eigenvalue weighted by Crippen LogP contribution is 2.23. The third kappa shape index (κ3) is 4.06. The van der Waals surface area contributed by atoms with Crippen molar-refractivity contribution >= 4 is 11.3 Å². The Hall–Kier alpha value is -1.43. The van der Waals surface area contributed by atoms with Gasteiger partial charge >= 0.3 is 0 Å². The number of aliphatic hydroxyl groups excluding tert-OH is 1. The van der Waals surface area contributed by atoms with E-state index < -0.39 is 0 Å². The van der Waals surface area contributed by atoms with Gasteiger partial charge in [-0.2, -0.15) is 16.4 Å². The second-order valence-corrected chi connectivity index (χ2v) is 6.99. The molecule has 1 N–H and O–H groups in total. The van der Waals surface area contributed by atoms with Crippen LogP contribution >= 0.6 is 11.3 Å². The Morgan fingerprint density at radius 3 is 2.82 bits per heavy atom. The van der Waals surface area contributed by atoms with Crippen molar-refractivity contribution in [3.05, 3.63) is 52.5 Å². The molecule has 0 atom stereocenters. The Morgan fingerprint density at radius 1 is 1.45 bits per heavy atom. The molecule has 0 aliphatic rings. The molecule has 0 fully saturated rings. The standard InChI is InChI=1S/C17H25N3OS/c1-5-7-20-11-16(14(2)18-20)10-19(17(3,4)13-21)9-15-6-8-22-12-15/h5-6,8,11-12,21H,1,7,9-10,13H2,2-4H3. The van der Waals surface area contributed by atoms with Gasteiger partial charge in [0.1, 0.15) is 0 Å². The van der Waals surface area contributed by atoms with E-state index in [1.165, 1.54) is 11.1 Å². The van der Waals surface area contributed by atoms with Gasteiger partial charge in [0.2, 0.25) is 0 Å². The van der Waals surface area contributed by atoms with Crippen LogP contribution in [0.2, 0.25) is 0 Å². The number of nitrogens with zero attached hydrogens (tertiary/aromatic N) is 3. The lowest BCUT2D eigenvalue weighted by atomic mass is 10.0. The summed E-state index contributed by atoms with van der Waals surface area (Å²) in [6, 6.07) is 2.14. The Balaban J connectivity index is 2.20. The summed E-state index contributed by atoms with van der Waals surface area (Å²) in [5, 5.41) is 18.5. The Morgan fingerprint density at radius 2 is 2.23 bits per heavy atom. The van der Waals surface area contributed by atoms with Crippen LogP contribution in [-0.4, -0.2) is 31.9 Å². The molecule has 0 aliphatic carbocycles. The zero-order chi connectivity index (χ0) is 16.2. The quantitative estimate of drug-likeness (QED) is 0.760. The SMILES string of the molecule is C=CCn1cc(CN(Cc2ccsc2)C(C)(C)CO)c(C)n1. The van der Waals surface area contributed by atoms with Crippen molar-refractivity contribution < 1.29 is 5.11 Å². The second-order valence-electron chi connectivity index (χ2n) is 6.21. The van der Waals surface area contributed by atoms with Crippen LogP contribution in [0, 0.1) is 6.92 Å². The number of aliphatic hydroxyl groups is 1. The lowest BCUT2D eigenvalue weighted by Crippen LogP contribution is -2.45. The van der Waals surface area contributed by atoms with Gasteiger partial charge in [-0.1, -0.05) is 6.08 Å². The van der Waals surface area contributed by atoms with Crippen LogP contribution in [0.15, 0.2) is 35.7 Å². The first kappa shape index (κ1) is 16.9. The number of aryl methyl sites for hydroxylation is 1. The summed E-state index contributed by atoms with van der Waals surface area (Å²) in [4.78, 5) is 2.30. The molecule has 120 valence electrons. The average Bonchev–Trinajstić information content (AvgIpc) is 3.09. The number of hydrogen-bond acceptors (Lipinski definition) is 4. The molecule has 2 aromatic heterocycles. The summed E-state index contributed by atoms with van der Waals surface area (Å²) >= 11 is 1.70. The number of hydrogen-bond donors (Lipinski definition) is 1. The summed E-state index contributed by atoms with van der Waals surface area (Å²) in [7, 11) is 0. The Kier molecular flexibility index (Phi) is 5.56. The van der Waals surface area contributed by atoms with E-state index >= 15 is 0 Å². The predicted molar refractivity (Wildman–Crippen MR) is 91.9 cm³/mol. The molecule has 22 heavy (non-hydrogen) atoms. The maximum Gasteiger partial charge on any atom is 0.0638 e. The fourth-order valence-electron chi connectivity index (χ4n) is 2.33. The van der Waals surface area contributed by atoms with Gasteiger partial charge in [0.25, 0.3) is 0 Å². The van der Waals surface area contributed by atoms with Gasteiger partial charge in [-0.3, -0.25) is 9.58 Å². The number of aromatic nitrogens is 2. The summed E-state index contributed by atoms with van der Waals surface area (Å²) in [6.07, 6.45) is 3.92. The van der Waals surface area contributed by atoms with Crippen LogP contribution in [0.25, 0.3) is 0 Å². The van der Waals surface area contributed by atoms with Gasteiger partial charge in [-0.15, -0.1) is 6.58 Å². The highest BCUT2D eigenvalue weighted by molar-refractivity contribution is 7.07. The van der Waals surface area contributed by atoms with Gasteiger partial charge in [0, 0.05) is 30.4 Å². The largest absolute Gasteiger partial charge is 0.394 e. The summed E-state index contributed by atoms with van der Waals surface area (Å²) < 4.78 is 1.91. The van der Waals surface area contributed by atoms with E-state index in [9.17, 15) is 5.11 Å². The Bertz CT molecular complexity index is 601. The molecule has 2 rings (SSSR count). The van der Waals surface area contributed by atoms with E-state index in [0.29, 0.717) is 0 Å². The smallest absolute Gasteiger partial charge is 0.0638 e. The molecule has 0 aliphatic heterocycles. The van der Waals surface area contributed by atoms with Crippen LogP contribution in [0.1, 0.15) is 30.7 Å². The van der Waals surface area contributed by atoms with Crippen molar-refractivity contribution in [2.75, 3.05) is 6.61 Å². The Labute approximate surface area is 136 Å². The van der Waals surface area contributed by atoms with Crippen molar-refractivity contribution in [3.8, 4) is 0 Å². The molecule has 0 spiro atoms. The van der Waals surface area contributed by atoms with E-state index in [2.05, 4.69) is 53.4 Å². The van der Waals surface area contributed by atoms with E-state index in [-0.39, 0.29) is 12.1 Å². The highest BCUT2D eigenvalue weighted by atomic mass is 32.1. The molecular weight excluding hydrogens is 294 g/mol. The zero-order valence-corrected chi connectivity index (χ0v) is 14.4. The molecule has 0 saturated carbocycles. The van der Waals surface area contributed by atoms with Crippen LogP contribution in [0.3, 0.4) is 0 Å². The number of rotatable bonds is 8. The predicted octanol–water partition coefficient (Wildman–Crippen LogP) is 3.21. The summed E-state index contributed by atoms with van der Waals surface area (Å²) in [5.41, 5.74) is 3.22. The lowest BCUT2D eigenvalue weighted by Gasteiger charge is -2.37. The van der Waals surface area contributed by atoms with Crippen LogP contribution in [-0.2, 0) is 19.6 Å². The van der Waals surface area contributed by atoms with Crippen molar-refractivity contribution in [1.82, 2.24) is 14.7 Å². The van der Waals surface area contributed by atoms with Crippen molar-refractivity contribution in [3.63, 3.8) is 0 Å². The van der Waals surface area contributed by atoms with Crippen LogP contribution < -0.4 is 0 Å². The van der Waals surface area contributed by atoms with Gasteiger partial charge in [-0.25, -0.2) is 0 Å². The lowest BCUT2D eigenvalue weighted by molar-refractivity contribution is 0.0439. The molecule has 5 heteroatoms. The zero-order valence-electron chi connectivity index (χ0n) is 13.6. The normalized spacial score (nSPS) is 12.0. The monoisotopic (exact) mass is 319 g/mol. The third-order valence-electron chi connectivity index (χ3n) is 3.92. The molecule has 0 amide bonds. The number of thiophene rings is 1. The second kappa shape index (κ2) is 7.22. The minimum atomic E-state index is -0.283. The highest BCUT2D eigenvalue weighted by Gasteiger charge is 2.27. The maximum atomic E-state index is 9.76. The minimum Gasteiger partial charge on any atom is -0.394 e. The van der Waals surface area contributed by atoms with Crippen LogP contribution in [0.4, 0.5) is 0 Å². The van der Waals surface area contributed by atoms with E-state index in [4.69, 9.17) is 0 Å². The van der Waals surface area contributed by atoms with Gasteiger partial charge in [0.15, 0.2) is 0 Å². The first-order valence-electron chi connectivity index (χ1n) is 7.47. The van der Waals surface area contributed by atoms with Gasteiger partial charge < -0.3 is 5.11 Å². The van der Waals surface area contributed by atoms with Crippen molar-refractivity contribution in [2.45, 2.75) is 45.9 Å². The van der Waals surface area contributed by atoms with Gasteiger partial charge in [-0.05, 0) is 43.2 Å². The average molecular weight is 319 g/mol.